The Bertz CT molecular complexity index is 1260. The number of carbonyl (C=O) groups excluding carboxylic acids is 2. The van der Waals surface area contributed by atoms with E-state index in [2.05, 4.69) is 10.2 Å². The minimum Gasteiger partial charge on any atom is -0.379 e. The van der Waals surface area contributed by atoms with Gasteiger partial charge in [-0.25, -0.2) is 13.1 Å². The first-order valence-electron chi connectivity index (χ1n) is 12.5. The molecule has 0 atom stereocenters. The molecule has 2 aliphatic heterocycles. The summed E-state index contributed by atoms with van der Waals surface area (Å²) < 4.78 is 32.7. The summed E-state index contributed by atoms with van der Waals surface area (Å²) in [6.07, 6.45) is 1.52. The Morgan fingerprint density at radius 2 is 1.71 bits per heavy atom. The highest BCUT2D eigenvalue weighted by Crippen LogP contribution is 2.29. The summed E-state index contributed by atoms with van der Waals surface area (Å²) in [5.74, 6) is -0.522. The number of rotatable bonds is 9. The Balaban J connectivity index is 1.33. The summed E-state index contributed by atoms with van der Waals surface area (Å²) >= 11 is 0. The Labute approximate surface area is 221 Å². The van der Waals surface area contributed by atoms with Gasteiger partial charge in [-0.2, -0.15) is 0 Å². The van der Waals surface area contributed by atoms with Gasteiger partial charge in [0.1, 0.15) is 5.69 Å². The molecule has 2 aromatic rings. The molecule has 204 valence electrons. The Morgan fingerprint density at radius 1 is 1.03 bits per heavy atom. The van der Waals surface area contributed by atoms with Crippen LogP contribution in [0.3, 0.4) is 0 Å². The lowest BCUT2D eigenvalue weighted by Crippen LogP contribution is -2.47. The summed E-state index contributed by atoms with van der Waals surface area (Å²) in [7, 11) is -4.32. The van der Waals surface area contributed by atoms with Gasteiger partial charge in [0, 0.05) is 44.4 Å². The second-order valence-electron chi connectivity index (χ2n) is 9.33. The van der Waals surface area contributed by atoms with Gasteiger partial charge in [-0.15, -0.1) is 0 Å². The molecule has 2 N–H and O–H groups in total. The third-order valence-corrected chi connectivity index (χ3v) is 8.08. The number of nitrogens with one attached hydrogen (secondary N) is 2. The van der Waals surface area contributed by atoms with Gasteiger partial charge < -0.3 is 15.0 Å². The van der Waals surface area contributed by atoms with E-state index in [1.54, 1.807) is 18.2 Å². The van der Waals surface area contributed by atoms with Crippen LogP contribution in [0.15, 0.2) is 53.4 Å². The van der Waals surface area contributed by atoms with Gasteiger partial charge in [0.25, 0.3) is 21.6 Å². The van der Waals surface area contributed by atoms with Crippen LogP contribution in [0.5, 0.6) is 0 Å². The van der Waals surface area contributed by atoms with E-state index in [1.165, 1.54) is 24.3 Å². The maximum absolute atomic E-state index is 12.7. The molecule has 0 aliphatic carbocycles. The zero-order valence-corrected chi connectivity index (χ0v) is 21.7. The highest BCUT2D eigenvalue weighted by atomic mass is 32.2. The van der Waals surface area contributed by atoms with Crippen molar-refractivity contribution in [3.63, 3.8) is 0 Å². The molecule has 0 bridgehead atoms. The van der Waals surface area contributed by atoms with Gasteiger partial charge in [0.15, 0.2) is 0 Å². The van der Waals surface area contributed by atoms with E-state index in [0.717, 1.165) is 32.0 Å². The van der Waals surface area contributed by atoms with Crippen molar-refractivity contribution in [2.24, 2.45) is 5.92 Å². The summed E-state index contributed by atoms with van der Waals surface area (Å²) in [4.78, 5) is 39.5. The molecular formula is C25H31N5O7S. The minimum absolute atomic E-state index is 0.102. The van der Waals surface area contributed by atoms with E-state index in [9.17, 15) is 28.1 Å². The predicted molar refractivity (Wildman–Crippen MR) is 139 cm³/mol. The fourth-order valence-electron chi connectivity index (χ4n) is 4.50. The molecule has 0 unspecified atom stereocenters. The third-order valence-electron chi connectivity index (χ3n) is 6.75. The normalized spacial score (nSPS) is 17.1. The predicted octanol–water partition coefficient (Wildman–Crippen LogP) is 1.70. The second kappa shape index (κ2) is 12.3. The first-order chi connectivity index (χ1) is 18.2. The molecule has 2 aromatic carbocycles. The van der Waals surface area contributed by atoms with E-state index < -0.39 is 26.5 Å². The number of morpholine rings is 1. The van der Waals surface area contributed by atoms with E-state index >= 15 is 0 Å². The van der Waals surface area contributed by atoms with Crippen LogP contribution in [0.1, 0.15) is 23.2 Å². The first kappa shape index (κ1) is 27.5. The summed E-state index contributed by atoms with van der Waals surface area (Å²) in [6, 6.07) is 11.3. The van der Waals surface area contributed by atoms with Gasteiger partial charge in [-0.3, -0.25) is 24.6 Å². The van der Waals surface area contributed by atoms with Crippen LogP contribution >= 0.6 is 0 Å². The van der Waals surface area contributed by atoms with Crippen molar-refractivity contribution in [2.45, 2.75) is 17.7 Å². The highest BCUT2D eigenvalue weighted by Gasteiger charge is 2.27. The van der Waals surface area contributed by atoms with Crippen LogP contribution in [0.25, 0.3) is 0 Å². The second-order valence-corrected chi connectivity index (χ2v) is 11.0. The maximum Gasteiger partial charge on any atom is 0.293 e. The number of hydrogen-bond donors (Lipinski definition) is 2. The lowest BCUT2D eigenvalue weighted by atomic mass is 9.96. The maximum atomic E-state index is 12.7. The van der Waals surface area contributed by atoms with Crippen LogP contribution in [-0.2, 0) is 19.6 Å². The molecule has 2 fully saturated rings. The van der Waals surface area contributed by atoms with E-state index in [1.807, 2.05) is 9.62 Å². The number of nitro benzene ring substituents is 1. The molecule has 0 aromatic heterocycles. The number of piperidine rings is 1. The summed E-state index contributed by atoms with van der Waals surface area (Å²) in [6.45, 7) is 4.87. The number of sulfonamides is 1. The largest absolute Gasteiger partial charge is 0.379 e. The molecule has 2 heterocycles. The molecule has 0 radical (unpaired) electrons. The van der Waals surface area contributed by atoms with Gasteiger partial charge in [-0.1, -0.05) is 18.2 Å². The van der Waals surface area contributed by atoms with E-state index in [0.29, 0.717) is 39.4 Å². The zero-order valence-electron chi connectivity index (χ0n) is 20.9. The van der Waals surface area contributed by atoms with Gasteiger partial charge in [0.05, 0.1) is 29.6 Å². The molecule has 12 nitrogen and oxygen atoms in total. The fourth-order valence-corrected chi connectivity index (χ4v) is 5.49. The minimum atomic E-state index is -4.32. The van der Waals surface area contributed by atoms with Crippen LogP contribution in [0.4, 0.5) is 11.4 Å². The van der Waals surface area contributed by atoms with Gasteiger partial charge >= 0.3 is 0 Å². The van der Waals surface area contributed by atoms with Crippen molar-refractivity contribution in [1.29, 1.82) is 0 Å². The van der Waals surface area contributed by atoms with E-state index in [4.69, 9.17) is 4.74 Å². The quantitative estimate of drug-likeness (QED) is 0.354. The molecule has 0 saturated carbocycles. The van der Waals surface area contributed by atoms with Crippen molar-refractivity contribution < 1.29 is 27.7 Å². The highest BCUT2D eigenvalue weighted by molar-refractivity contribution is 7.90. The summed E-state index contributed by atoms with van der Waals surface area (Å²) in [5, 5.41) is 14.8. The lowest BCUT2D eigenvalue weighted by molar-refractivity contribution is -0.384. The fraction of sp³-hybridized carbons (Fsp3) is 0.440. The van der Waals surface area contributed by atoms with Crippen LogP contribution in [0.2, 0.25) is 0 Å². The number of ether oxygens (including phenoxy) is 1. The Hall–Kier alpha value is -3.55. The molecule has 38 heavy (non-hydrogen) atoms. The van der Waals surface area contributed by atoms with Crippen LogP contribution in [0, 0.1) is 16.0 Å². The summed E-state index contributed by atoms with van der Waals surface area (Å²) in [5.41, 5.74) is -0.0648. The number of likely N-dealkylation sites (tertiary alicyclic amines) is 1. The van der Waals surface area contributed by atoms with Crippen molar-refractivity contribution in [2.75, 3.05) is 57.8 Å². The molecule has 2 amide bonds. The number of nitro groups is 1. The zero-order chi connectivity index (χ0) is 27.1. The smallest absolute Gasteiger partial charge is 0.293 e. The van der Waals surface area contributed by atoms with Crippen molar-refractivity contribution in [3.8, 4) is 0 Å². The number of benzene rings is 2. The molecule has 4 rings (SSSR count). The molecule has 0 spiro atoms. The SMILES string of the molecule is O=C(NS(=O)(=O)c1ccc(NCC2CCN(C(=O)CN3CCOCC3)CC2)c([N+](=O)[O-])c1)c1ccccc1. The molecule has 2 aliphatic rings. The number of anilines is 1. The first-order valence-corrected chi connectivity index (χ1v) is 13.9. The van der Waals surface area contributed by atoms with Gasteiger partial charge in [0.2, 0.25) is 5.91 Å². The third kappa shape index (κ3) is 7.05. The van der Waals surface area contributed by atoms with Crippen molar-refractivity contribution in [3.05, 3.63) is 64.2 Å². The average Bonchev–Trinajstić information content (AvgIpc) is 2.92. The number of amides is 2. The topological polar surface area (TPSA) is 151 Å². The molecule has 2 saturated heterocycles. The molecular weight excluding hydrogens is 514 g/mol. The number of carbonyl (C=O) groups is 2. The van der Waals surface area contributed by atoms with E-state index in [-0.39, 0.29) is 28.0 Å². The van der Waals surface area contributed by atoms with Crippen molar-refractivity contribution in [1.82, 2.24) is 14.5 Å². The average molecular weight is 546 g/mol. The number of nitrogens with zero attached hydrogens (tertiary/aromatic N) is 3. The van der Waals surface area contributed by atoms with Crippen LogP contribution < -0.4 is 10.0 Å². The lowest BCUT2D eigenvalue weighted by Gasteiger charge is -2.34. The standard InChI is InChI=1S/C25H31N5O7S/c31-24(18-28-12-14-37-15-13-28)29-10-8-19(9-11-29)17-26-22-7-6-21(16-23(22)30(33)34)38(35,36)27-25(32)20-4-2-1-3-5-20/h1-7,16,19,26H,8-15,17-18H2,(H,27,32). The van der Waals surface area contributed by atoms with Crippen molar-refractivity contribution >= 4 is 33.2 Å². The Morgan fingerprint density at radius 3 is 2.37 bits per heavy atom. The Kier molecular flexibility index (Phi) is 8.92. The van der Waals surface area contributed by atoms with Gasteiger partial charge in [-0.05, 0) is 43.0 Å². The number of hydrogen-bond acceptors (Lipinski definition) is 9. The monoisotopic (exact) mass is 545 g/mol. The van der Waals surface area contributed by atoms with Crippen LogP contribution in [-0.4, -0.2) is 87.4 Å². The molecule has 13 heteroatoms.